The van der Waals surface area contributed by atoms with E-state index >= 15 is 0 Å². The van der Waals surface area contributed by atoms with Crippen LogP contribution >= 0.6 is 23.2 Å². The lowest BCUT2D eigenvalue weighted by atomic mass is 9.86. The smallest absolute Gasteiger partial charge is 0.333 e. The van der Waals surface area contributed by atoms with Crippen LogP contribution < -0.4 is 0 Å². The molecule has 2 aromatic heterocycles. The average Bonchev–Trinajstić information content (AvgIpc) is 3.61. The summed E-state index contributed by atoms with van der Waals surface area (Å²) in [5.41, 5.74) is 5.55. The summed E-state index contributed by atoms with van der Waals surface area (Å²) in [4.78, 5) is 23.7. The van der Waals surface area contributed by atoms with Crippen molar-refractivity contribution >= 4 is 57.8 Å². The van der Waals surface area contributed by atoms with Gasteiger partial charge in [-0.25, -0.2) is 4.79 Å². The number of hydrogen-bond donors (Lipinski definition) is 0. The number of benzene rings is 2. The van der Waals surface area contributed by atoms with Crippen molar-refractivity contribution in [1.29, 1.82) is 10.5 Å². The molecule has 0 unspecified atom stereocenters. The number of hydrogen-bond acceptors (Lipinski definition) is 10. The molecule has 0 radical (unpaired) electrons. The van der Waals surface area contributed by atoms with Gasteiger partial charge in [0.2, 0.25) is 13.6 Å². The molecule has 0 atom stereocenters. The Morgan fingerprint density at radius 3 is 1.33 bits per heavy atom. The molecule has 0 bridgehead atoms. The fraction of sp³-hybridized carbons (Fsp3) is 0.404. The summed E-state index contributed by atoms with van der Waals surface area (Å²) in [5.74, 6) is -0.614. The summed E-state index contributed by atoms with van der Waals surface area (Å²) in [7, 11) is 3.42. The molecule has 2 aromatic carbocycles. The van der Waals surface area contributed by atoms with Crippen molar-refractivity contribution in [2.75, 3.05) is 13.6 Å². The van der Waals surface area contributed by atoms with Crippen molar-refractivity contribution in [3.05, 3.63) is 116 Å². The van der Waals surface area contributed by atoms with Crippen molar-refractivity contribution in [3.8, 4) is 12.1 Å². The van der Waals surface area contributed by atoms with Crippen molar-refractivity contribution < 1.29 is 28.5 Å². The van der Waals surface area contributed by atoms with Crippen LogP contribution in [0.5, 0.6) is 0 Å². The number of halogens is 2. The van der Waals surface area contributed by atoms with E-state index in [9.17, 15) is 20.1 Å². The number of carbonyl (C=O) groups excluding carboxylic acids is 2. The molecule has 0 spiro atoms. The molecule has 4 aromatic rings. The third-order valence-corrected chi connectivity index (χ3v) is 10.8. The number of aryl methyl sites for hydroxylation is 4. The van der Waals surface area contributed by atoms with Crippen LogP contribution in [0.25, 0.3) is 22.7 Å². The molecule has 0 amide bonds. The molecule has 0 aliphatic heterocycles. The highest BCUT2D eigenvalue weighted by Gasteiger charge is 2.29. The Hall–Kier alpha value is -5.82. The van der Waals surface area contributed by atoms with E-state index in [1.165, 1.54) is 4.68 Å². The SMILES string of the molecule is C=CC(=O)OCO/C(=C(/C#N)c1ccc(C(C)(C)C)cc1)c1c(Cl)c(C)nn1C.CCC(C)(C)C(=O)OCO/C(=C(/C#N)c1ccc(C(C)(C)C)cc1)c1c(Cl)c(C)nn1C. The number of allylic oxidation sites excluding steroid dienone is 2. The van der Waals surface area contributed by atoms with Crippen LogP contribution in [0, 0.1) is 41.9 Å². The molecule has 2 heterocycles. The predicted octanol–water partition coefficient (Wildman–Crippen LogP) is 10.8. The molecule has 0 fully saturated rings. The van der Waals surface area contributed by atoms with E-state index in [4.69, 9.17) is 42.1 Å². The Morgan fingerprint density at radius 2 is 1.05 bits per heavy atom. The zero-order chi connectivity index (χ0) is 46.0. The van der Waals surface area contributed by atoms with Gasteiger partial charge in [-0.15, -0.1) is 0 Å². The molecule has 0 saturated carbocycles. The highest BCUT2D eigenvalue weighted by molar-refractivity contribution is 6.33. The van der Waals surface area contributed by atoms with E-state index in [1.54, 1.807) is 32.6 Å². The molecule has 61 heavy (non-hydrogen) atoms. The normalized spacial score (nSPS) is 12.4. The summed E-state index contributed by atoms with van der Waals surface area (Å²) in [6.07, 6.45) is 1.66. The fourth-order valence-electron chi connectivity index (χ4n) is 5.73. The molecule has 0 saturated heterocycles. The van der Waals surface area contributed by atoms with Gasteiger partial charge < -0.3 is 18.9 Å². The maximum atomic E-state index is 12.4. The number of nitrogens with zero attached hydrogens (tertiary/aromatic N) is 6. The average molecular weight is 872 g/mol. The number of aromatic nitrogens is 4. The number of rotatable bonds is 13. The van der Waals surface area contributed by atoms with E-state index in [1.807, 2.05) is 69.3 Å². The molecule has 0 N–H and O–H groups in total. The van der Waals surface area contributed by atoms with Crippen LogP contribution in [0.1, 0.15) is 114 Å². The molecule has 12 nitrogen and oxygen atoms in total. The molecule has 14 heteroatoms. The first kappa shape index (κ1) is 49.5. The van der Waals surface area contributed by atoms with Crippen molar-refractivity contribution in [3.63, 3.8) is 0 Å². The minimum atomic E-state index is -0.635. The lowest BCUT2D eigenvalue weighted by Crippen LogP contribution is -2.26. The quantitative estimate of drug-likeness (QED) is 0.0417. The van der Waals surface area contributed by atoms with Gasteiger partial charge in [0, 0.05) is 20.2 Å². The van der Waals surface area contributed by atoms with E-state index in [2.05, 4.69) is 70.5 Å². The summed E-state index contributed by atoms with van der Waals surface area (Å²) >= 11 is 12.9. The van der Waals surface area contributed by atoms with Crippen LogP contribution in [-0.4, -0.2) is 45.1 Å². The Kier molecular flexibility index (Phi) is 16.8. The van der Waals surface area contributed by atoms with Crippen LogP contribution in [0.4, 0.5) is 0 Å². The van der Waals surface area contributed by atoms with E-state index < -0.39 is 18.2 Å². The van der Waals surface area contributed by atoms with Crippen molar-refractivity contribution in [1.82, 2.24) is 19.6 Å². The minimum absolute atomic E-state index is 0.0167. The first-order valence-corrected chi connectivity index (χ1v) is 20.3. The van der Waals surface area contributed by atoms with E-state index in [-0.39, 0.29) is 46.3 Å². The molecular weight excluding hydrogens is 815 g/mol. The molecule has 0 aliphatic rings. The number of carbonyl (C=O) groups is 2. The van der Waals surface area contributed by atoms with Gasteiger partial charge in [0.25, 0.3) is 0 Å². The Balaban J connectivity index is 0.000000327. The van der Waals surface area contributed by atoms with Crippen molar-refractivity contribution in [2.45, 2.75) is 93.4 Å². The maximum Gasteiger partial charge on any atom is 0.333 e. The maximum absolute atomic E-state index is 12.4. The van der Waals surface area contributed by atoms with E-state index in [0.29, 0.717) is 50.4 Å². The van der Waals surface area contributed by atoms with Crippen LogP contribution in [-0.2, 0) is 53.5 Å². The first-order valence-electron chi connectivity index (χ1n) is 19.5. The van der Waals surface area contributed by atoms with Gasteiger partial charge in [-0.05, 0) is 67.2 Å². The fourth-order valence-corrected chi connectivity index (χ4v) is 6.22. The van der Waals surface area contributed by atoms with Gasteiger partial charge >= 0.3 is 11.9 Å². The first-order chi connectivity index (χ1) is 28.4. The topological polar surface area (TPSA) is 154 Å². The molecular formula is C47H56Cl2N6O6. The third-order valence-electron chi connectivity index (χ3n) is 9.89. The lowest BCUT2D eigenvalue weighted by Gasteiger charge is -2.21. The van der Waals surface area contributed by atoms with Crippen molar-refractivity contribution in [2.24, 2.45) is 19.5 Å². The summed E-state index contributed by atoms with van der Waals surface area (Å²) in [5, 5.41) is 29.3. The predicted molar refractivity (Wildman–Crippen MR) is 239 cm³/mol. The standard InChI is InChI=1S/C25H32ClN3O3.C22H24ClN3O3/c1-9-25(6,7)23(30)32-15-31-22(21-20(26)16(2)28-29(21)8)19(14-27)17-10-12-18(13-11-17)24(3,4)5;1-7-18(27)28-13-29-21(20-19(23)14(2)25-26(20)6)17(12-24)15-8-10-16(11-9-15)22(3,4)5/h10-13H,9,15H2,1-8H3;7-11H,1,13H2,2-6H3/b22-19-;21-17-. The Labute approximate surface area is 370 Å². The van der Waals surface area contributed by atoms with Crippen LogP contribution in [0.15, 0.2) is 61.2 Å². The van der Waals surface area contributed by atoms with Gasteiger partial charge in [0.05, 0.1) is 26.8 Å². The van der Waals surface area contributed by atoms with Crippen LogP contribution in [0.2, 0.25) is 10.0 Å². The number of esters is 2. The Bertz CT molecular complexity index is 2380. The van der Waals surface area contributed by atoms with Gasteiger partial charge in [-0.1, -0.05) is 127 Å². The van der Waals surface area contributed by atoms with Gasteiger partial charge in [-0.2, -0.15) is 20.7 Å². The second kappa shape index (κ2) is 20.6. The van der Waals surface area contributed by atoms with E-state index in [0.717, 1.165) is 17.2 Å². The summed E-state index contributed by atoms with van der Waals surface area (Å²) < 4.78 is 25.0. The number of nitriles is 2. The van der Waals surface area contributed by atoms with Gasteiger partial charge in [-0.3, -0.25) is 14.2 Å². The monoisotopic (exact) mass is 870 g/mol. The van der Waals surface area contributed by atoms with Gasteiger partial charge in [0.1, 0.15) is 34.7 Å². The zero-order valence-electron chi connectivity index (χ0n) is 37.4. The number of ether oxygens (including phenoxy) is 4. The van der Waals surface area contributed by atoms with Gasteiger partial charge in [0.15, 0.2) is 11.5 Å². The summed E-state index contributed by atoms with van der Waals surface area (Å²) in [6.45, 7) is 24.4. The zero-order valence-corrected chi connectivity index (χ0v) is 38.9. The third kappa shape index (κ3) is 12.4. The highest BCUT2D eigenvalue weighted by Crippen LogP contribution is 2.36. The van der Waals surface area contributed by atoms with Crippen LogP contribution in [0.3, 0.4) is 0 Å². The molecule has 324 valence electrons. The lowest BCUT2D eigenvalue weighted by molar-refractivity contribution is -0.162. The largest absolute Gasteiger partial charge is 0.454 e. The Morgan fingerprint density at radius 1 is 0.689 bits per heavy atom. The molecule has 0 aliphatic carbocycles. The highest BCUT2D eigenvalue weighted by atomic mass is 35.5. The minimum Gasteiger partial charge on any atom is -0.454 e. The second-order valence-electron chi connectivity index (χ2n) is 16.9. The molecule has 4 rings (SSSR count). The second-order valence-corrected chi connectivity index (χ2v) is 17.6. The summed E-state index contributed by atoms with van der Waals surface area (Å²) in [6, 6.07) is 19.8.